The van der Waals surface area contributed by atoms with Crippen LogP contribution in [0.3, 0.4) is 0 Å². The molecule has 2 fully saturated rings. The molecule has 0 aliphatic heterocycles. The summed E-state index contributed by atoms with van der Waals surface area (Å²) in [5.74, 6) is 0. The van der Waals surface area contributed by atoms with Crippen LogP contribution in [0.25, 0.3) is 0 Å². The van der Waals surface area contributed by atoms with E-state index >= 15 is 0 Å². The van der Waals surface area contributed by atoms with E-state index in [0.717, 1.165) is 32.1 Å². The Balaban J connectivity index is 1.78. The molecule has 2 aliphatic rings. The fraction of sp³-hybridized carbons (Fsp3) is 0.923. The molecule has 4 nitrogen and oxygen atoms in total. The topological polar surface area (TPSA) is 64.3 Å². The van der Waals surface area contributed by atoms with Gasteiger partial charge in [0.25, 0.3) is 0 Å². The van der Waals surface area contributed by atoms with Gasteiger partial charge in [-0.15, -0.1) is 0 Å². The van der Waals surface area contributed by atoms with E-state index in [2.05, 4.69) is 5.32 Å². The van der Waals surface area contributed by atoms with Crippen LogP contribution in [0.4, 0.5) is 4.79 Å². The molecule has 0 aromatic carbocycles. The van der Waals surface area contributed by atoms with E-state index in [-0.39, 0.29) is 6.09 Å². The summed E-state index contributed by atoms with van der Waals surface area (Å²) in [5.41, 5.74) is 5.83. The van der Waals surface area contributed by atoms with Crippen LogP contribution in [0.1, 0.15) is 52.9 Å². The van der Waals surface area contributed by atoms with Crippen LogP contribution in [0.5, 0.6) is 0 Å². The monoisotopic (exact) mass is 240 g/mol. The molecule has 0 aromatic rings. The molecule has 1 atom stereocenters. The Morgan fingerprint density at radius 3 is 2.47 bits per heavy atom. The molecule has 3 N–H and O–H groups in total. The average Bonchev–Trinajstić information content (AvgIpc) is 2.81. The van der Waals surface area contributed by atoms with E-state index in [0.29, 0.717) is 17.5 Å². The second-order valence-corrected chi connectivity index (χ2v) is 6.60. The number of hydrogen-bond donors (Lipinski definition) is 2. The molecule has 1 spiro atoms. The van der Waals surface area contributed by atoms with Crippen molar-refractivity contribution in [1.29, 1.82) is 0 Å². The van der Waals surface area contributed by atoms with Crippen LogP contribution < -0.4 is 11.1 Å². The molecule has 2 saturated carbocycles. The molecule has 1 amide bonds. The van der Waals surface area contributed by atoms with Gasteiger partial charge in [0.2, 0.25) is 0 Å². The molecular formula is C13H24N2O2. The molecule has 17 heavy (non-hydrogen) atoms. The van der Waals surface area contributed by atoms with Crippen molar-refractivity contribution in [1.82, 2.24) is 5.32 Å². The predicted molar refractivity (Wildman–Crippen MR) is 66.7 cm³/mol. The molecule has 2 rings (SSSR count). The van der Waals surface area contributed by atoms with Crippen molar-refractivity contribution in [2.24, 2.45) is 11.1 Å². The summed E-state index contributed by atoms with van der Waals surface area (Å²) in [6.45, 7) is 5.65. The van der Waals surface area contributed by atoms with Gasteiger partial charge in [-0.25, -0.2) is 4.79 Å². The summed E-state index contributed by atoms with van der Waals surface area (Å²) in [7, 11) is 0. The Bertz CT molecular complexity index is 301. The SMILES string of the molecule is CC(C)(C)OC(=O)NC1CC12CCC(N)CC2. The zero-order valence-corrected chi connectivity index (χ0v) is 11.1. The van der Waals surface area contributed by atoms with E-state index in [1.807, 2.05) is 20.8 Å². The Hall–Kier alpha value is -0.770. The van der Waals surface area contributed by atoms with E-state index in [1.54, 1.807) is 0 Å². The van der Waals surface area contributed by atoms with E-state index < -0.39 is 5.60 Å². The minimum atomic E-state index is -0.416. The van der Waals surface area contributed by atoms with E-state index in [4.69, 9.17) is 10.5 Å². The van der Waals surface area contributed by atoms with Gasteiger partial charge in [0.1, 0.15) is 5.60 Å². The minimum Gasteiger partial charge on any atom is -0.444 e. The maximum atomic E-state index is 11.6. The summed E-state index contributed by atoms with van der Waals surface area (Å²) in [6.07, 6.45) is 5.29. The van der Waals surface area contributed by atoms with Crippen molar-refractivity contribution < 1.29 is 9.53 Å². The van der Waals surface area contributed by atoms with Crippen molar-refractivity contribution in [3.05, 3.63) is 0 Å². The number of nitrogens with one attached hydrogen (secondary N) is 1. The van der Waals surface area contributed by atoms with Gasteiger partial charge in [0.15, 0.2) is 0 Å². The number of amides is 1. The Morgan fingerprint density at radius 2 is 1.94 bits per heavy atom. The lowest BCUT2D eigenvalue weighted by Gasteiger charge is -2.27. The maximum Gasteiger partial charge on any atom is 0.407 e. The highest BCUT2D eigenvalue weighted by atomic mass is 16.6. The third-order valence-corrected chi connectivity index (χ3v) is 3.91. The molecular weight excluding hydrogens is 216 g/mol. The molecule has 98 valence electrons. The standard InChI is InChI=1S/C13H24N2O2/c1-12(2,3)17-11(16)15-10-8-13(10)6-4-9(14)5-7-13/h9-10H,4-8,14H2,1-3H3,(H,15,16). The highest BCUT2D eigenvalue weighted by molar-refractivity contribution is 5.68. The highest BCUT2D eigenvalue weighted by Gasteiger charge is 2.55. The minimum absolute atomic E-state index is 0.283. The van der Waals surface area contributed by atoms with Gasteiger partial charge in [-0.2, -0.15) is 0 Å². The number of carbonyl (C=O) groups is 1. The first-order chi connectivity index (χ1) is 7.81. The molecule has 0 bridgehead atoms. The van der Waals surface area contributed by atoms with Crippen LogP contribution in [0.2, 0.25) is 0 Å². The van der Waals surface area contributed by atoms with E-state index in [9.17, 15) is 4.79 Å². The second-order valence-electron chi connectivity index (χ2n) is 6.60. The van der Waals surface area contributed by atoms with Gasteiger partial charge < -0.3 is 15.8 Å². The summed E-state index contributed by atoms with van der Waals surface area (Å²) >= 11 is 0. The van der Waals surface area contributed by atoms with Crippen LogP contribution in [-0.2, 0) is 4.74 Å². The van der Waals surface area contributed by atoms with Gasteiger partial charge in [0.05, 0.1) is 0 Å². The summed E-state index contributed by atoms with van der Waals surface area (Å²) in [4.78, 5) is 11.6. The number of hydrogen-bond acceptors (Lipinski definition) is 3. The fourth-order valence-corrected chi connectivity index (χ4v) is 2.77. The molecule has 4 heteroatoms. The number of rotatable bonds is 1. The van der Waals surface area contributed by atoms with Gasteiger partial charge in [-0.1, -0.05) is 0 Å². The normalized spacial score (nSPS) is 36.7. The molecule has 0 saturated heterocycles. The summed E-state index contributed by atoms with van der Waals surface area (Å²) in [5, 5.41) is 2.98. The van der Waals surface area contributed by atoms with Gasteiger partial charge in [-0.3, -0.25) is 0 Å². The lowest BCUT2D eigenvalue weighted by atomic mass is 9.83. The summed E-state index contributed by atoms with van der Waals surface area (Å²) in [6, 6.07) is 0.674. The first kappa shape index (κ1) is 12.7. The highest BCUT2D eigenvalue weighted by Crippen LogP contribution is 2.56. The third kappa shape index (κ3) is 3.12. The van der Waals surface area contributed by atoms with Gasteiger partial charge in [-0.05, 0) is 58.3 Å². The van der Waals surface area contributed by atoms with Crippen molar-refractivity contribution >= 4 is 6.09 Å². The second kappa shape index (κ2) is 4.16. The lowest BCUT2D eigenvalue weighted by Crippen LogP contribution is -2.37. The van der Waals surface area contributed by atoms with Crippen molar-refractivity contribution in [2.45, 2.75) is 70.6 Å². The number of carbonyl (C=O) groups excluding carboxylic acids is 1. The molecule has 2 aliphatic carbocycles. The zero-order chi connectivity index (χ0) is 12.7. The van der Waals surface area contributed by atoms with E-state index in [1.165, 1.54) is 0 Å². The summed E-state index contributed by atoms with van der Waals surface area (Å²) < 4.78 is 5.27. The van der Waals surface area contributed by atoms with Crippen molar-refractivity contribution in [3.8, 4) is 0 Å². The Kier molecular flexibility index (Phi) is 3.10. The Morgan fingerprint density at radius 1 is 1.35 bits per heavy atom. The predicted octanol–water partition coefficient (Wildman–Crippen LogP) is 2.17. The zero-order valence-electron chi connectivity index (χ0n) is 11.1. The molecule has 0 radical (unpaired) electrons. The smallest absolute Gasteiger partial charge is 0.407 e. The van der Waals surface area contributed by atoms with Crippen molar-refractivity contribution in [2.75, 3.05) is 0 Å². The van der Waals surface area contributed by atoms with Crippen LogP contribution in [0.15, 0.2) is 0 Å². The first-order valence-electron chi connectivity index (χ1n) is 6.56. The molecule has 0 aromatic heterocycles. The number of nitrogens with two attached hydrogens (primary N) is 1. The average molecular weight is 240 g/mol. The third-order valence-electron chi connectivity index (χ3n) is 3.91. The van der Waals surface area contributed by atoms with Crippen LogP contribution in [0, 0.1) is 5.41 Å². The maximum absolute atomic E-state index is 11.6. The number of alkyl carbamates (subject to hydrolysis) is 1. The molecule has 1 unspecified atom stereocenters. The Labute approximate surface area is 103 Å². The number of ether oxygens (including phenoxy) is 1. The van der Waals surface area contributed by atoms with Crippen molar-refractivity contribution in [3.63, 3.8) is 0 Å². The molecule has 0 heterocycles. The largest absolute Gasteiger partial charge is 0.444 e. The fourth-order valence-electron chi connectivity index (χ4n) is 2.77. The first-order valence-corrected chi connectivity index (χ1v) is 6.56. The van der Waals surface area contributed by atoms with Gasteiger partial charge in [0, 0.05) is 12.1 Å². The van der Waals surface area contributed by atoms with Crippen LogP contribution in [-0.4, -0.2) is 23.8 Å². The lowest BCUT2D eigenvalue weighted by molar-refractivity contribution is 0.0512. The van der Waals surface area contributed by atoms with Gasteiger partial charge >= 0.3 is 6.09 Å². The quantitative estimate of drug-likeness (QED) is 0.738. The van der Waals surface area contributed by atoms with Crippen LogP contribution >= 0.6 is 0 Å².